The van der Waals surface area contributed by atoms with Crippen molar-refractivity contribution in [2.45, 2.75) is 33.4 Å². The lowest BCUT2D eigenvalue weighted by atomic mass is 10.1. The van der Waals surface area contributed by atoms with E-state index in [0.717, 1.165) is 28.3 Å². The first-order valence-corrected chi connectivity index (χ1v) is 8.42. The number of amides is 1. The molecule has 0 atom stereocenters. The van der Waals surface area contributed by atoms with Gasteiger partial charge in [0.05, 0.1) is 17.8 Å². The second kappa shape index (κ2) is 8.29. The molecule has 134 valence electrons. The highest BCUT2D eigenvalue weighted by Gasteiger charge is 2.13. The SMILES string of the molecule is Cc1noc(C)c1CC(=O)NCc1cccc(OCc2ccccn2)c1. The van der Waals surface area contributed by atoms with Crippen molar-refractivity contribution in [1.29, 1.82) is 0 Å². The fourth-order valence-corrected chi connectivity index (χ4v) is 2.56. The van der Waals surface area contributed by atoms with Crippen LogP contribution in [0.5, 0.6) is 5.75 Å². The highest BCUT2D eigenvalue weighted by Crippen LogP contribution is 2.15. The molecule has 1 N–H and O–H groups in total. The van der Waals surface area contributed by atoms with E-state index in [2.05, 4.69) is 15.5 Å². The molecule has 0 bridgehead atoms. The third-order valence-electron chi connectivity index (χ3n) is 4.02. The number of nitrogens with one attached hydrogen (secondary N) is 1. The lowest BCUT2D eigenvalue weighted by Crippen LogP contribution is -2.24. The van der Waals surface area contributed by atoms with Gasteiger partial charge in [0.2, 0.25) is 5.91 Å². The van der Waals surface area contributed by atoms with Crippen LogP contribution in [0.15, 0.2) is 53.2 Å². The Labute approximate surface area is 152 Å². The lowest BCUT2D eigenvalue weighted by molar-refractivity contribution is -0.120. The summed E-state index contributed by atoms with van der Waals surface area (Å²) in [6.07, 6.45) is 2.00. The van der Waals surface area contributed by atoms with Gasteiger partial charge in [-0.1, -0.05) is 23.4 Å². The van der Waals surface area contributed by atoms with E-state index >= 15 is 0 Å². The van der Waals surface area contributed by atoms with Crippen molar-refractivity contribution in [3.05, 3.63) is 76.9 Å². The van der Waals surface area contributed by atoms with Crippen LogP contribution in [0, 0.1) is 13.8 Å². The minimum absolute atomic E-state index is 0.0702. The van der Waals surface area contributed by atoms with Gasteiger partial charge in [-0.05, 0) is 43.7 Å². The Morgan fingerprint density at radius 3 is 2.81 bits per heavy atom. The van der Waals surface area contributed by atoms with E-state index in [-0.39, 0.29) is 12.3 Å². The molecule has 3 aromatic rings. The Morgan fingerprint density at radius 2 is 2.08 bits per heavy atom. The highest BCUT2D eigenvalue weighted by molar-refractivity contribution is 5.79. The monoisotopic (exact) mass is 351 g/mol. The van der Waals surface area contributed by atoms with Crippen molar-refractivity contribution >= 4 is 5.91 Å². The van der Waals surface area contributed by atoms with Crippen molar-refractivity contribution in [2.24, 2.45) is 0 Å². The van der Waals surface area contributed by atoms with Crippen LogP contribution >= 0.6 is 0 Å². The first-order chi connectivity index (χ1) is 12.6. The Hall–Kier alpha value is -3.15. The molecule has 0 aliphatic rings. The van der Waals surface area contributed by atoms with Gasteiger partial charge in [-0.2, -0.15) is 0 Å². The number of pyridine rings is 1. The van der Waals surface area contributed by atoms with Gasteiger partial charge in [0.25, 0.3) is 0 Å². The summed E-state index contributed by atoms with van der Waals surface area (Å²) in [4.78, 5) is 16.4. The van der Waals surface area contributed by atoms with Crippen LogP contribution in [-0.4, -0.2) is 16.0 Å². The zero-order valence-electron chi connectivity index (χ0n) is 14.9. The van der Waals surface area contributed by atoms with Crippen molar-refractivity contribution < 1.29 is 14.1 Å². The number of hydrogen-bond acceptors (Lipinski definition) is 5. The van der Waals surface area contributed by atoms with E-state index in [1.807, 2.05) is 56.3 Å². The van der Waals surface area contributed by atoms with Gasteiger partial charge in [0, 0.05) is 18.3 Å². The number of rotatable bonds is 7. The predicted octanol–water partition coefficient (Wildman–Crippen LogP) is 3.12. The summed E-state index contributed by atoms with van der Waals surface area (Å²) in [5.74, 6) is 1.36. The Bertz CT molecular complexity index is 856. The summed E-state index contributed by atoms with van der Waals surface area (Å²) in [5.41, 5.74) is 3.43. The Kier molecular flexibility index (Phi) is 5.63. The molecule has 1 aromatic carbocycles. The van der Waals surface area contributed by atoms with E-state index in [4.69, 9.17) is 9.26 Å². The average molecular weight is 351 g/mol. The van der Waals surface area contributed by atoms with Crippen LogP contribution in [0.2, 0.25) is 0 Å². The summed E-state index contributed by atoms with van der Waals surface area (Å²) in [6.45, 7) is 4.48. The van der Waals surface area contributed by atoms with Crippen LogP contribution in [-0.2, 0) is 24.4 Å². The molecule has 0 aliphatic carbocycles. The molecular formula is C20H21N3O3. The van der Waals surface area contributed by atoms with Crippen LogP contribution in [0.1, 0.15) is 28.3 Å². The maximum atomic E-state index is 12.2. The summed E-state index contributed by atoms with van der Waals surface area (Å²) < 4.78 is 10.8. The molecule has 6 nitrogen and oxygen atoms in total. The number of benzene rings is 1. The van der Waals surface area contributed by atoms with Gasteiger partial charge in [-0.3, -0.25) is 9.78 Å². The number of aromatic nitrogens is 2. The fourth-order valence-electron chi connectivity index (χ4n) is 2.56. The number of carbonyl (C=O) groups excluding carboxylic acids is 1. The summed E-state index contributed by atoms with van der Waals surface area (Å²) in [5, 5.41) is 6.78. The minimum Gasteiger partial charge on any atom is -0.487 e. The summed E-state index contributed by atoms with van der Waals surface area (Å²) in [6, 6.07) is 13.4. The van der Waals surface area contributed by atoms with Crippen molar-refractivity contribution in [1.82, 2.24) is 15.5 Å². The molecule has 0 fully saturated rings. The number of hydrogen-bond donors (Lipinski definition) is 1. The molecule has 2 aromatic heterocycles. The topological polar surface area (TPSA) is 77.2 Å². The molecule has 26 heavy (non-hydrogen) atoms. The van der Waals surface area contributed by atoms with Gasteiger partial charge in [-0.15, -0.1) is 0 Å². The van der Waals surface area contributed by atoms with Crippen LogP contribution in [0.3, 0.4) is 0 Å². The Balaban J connectivity index is 1.53. The highest BCUT2D eigenvalue weighted by atomic mass is 16.5. The van der Waals surface area contributed by atoms with E-state index in [9.17, 15) is 4.79 Å². The third kappa shape index (κ3) is 4.69. The predicted molar refractivity (Wildman–Crippen MR) is 96.5 cm³/mol. The smallest absolute Gasteiger partial charge is 0.224 e. The number of nitrogens with zero attached hydrogens (tertiary/aromatic N) is 2. The molecular weight excluding hydrogens is 330 g/mol. The number of ether oxygens (including phenoxy) is 1. The van der Waals surface area contributed by atoms with Crippen LogP contribution in [0.25, 0.3) is 0 Å². The molecule has 6 heteroatoms. The largest absolute Gasteiger partial charge is 0.487 e. The van der Waals surface area contributed by atoms with Crippen molar-refractivity contribution in [3.8, 4) is 5.75 Å². The zero-order valence-corrected chi connectivity index (χ0v) is 14.9. The molecule has 0 unspecified atom stereocenters. The lowest BCUT2D eigenvalue weighted by Gasteiger charge is -2.09. The first-order valence-electron chi connectivity index (χ1n) is 8.42. The van der Waals surface area contributed by atoms with E-state index < -0.39 is 0 Å². The second-order valence-electron chi connectivity index (χ2n) is 6.01. The standard InChI is InChI=1S/C20H21N3O3/c1-14-19(15(2)26-23-14)11-20(24)22-12-16-6-5-8-18(10-16)25-13-17-7-3-4-9-21-17/h3-10H,11-13H2,1-2H3,(H,22,24). The summed E-state index contributed by atoms with van der Waals surface area (Å²) in [7, 11) is 0. The molecule has 1 amide bonds. The van der Waals surface area contributed by atoms with Gasteiger partial charge >= 0.3 is 0 Å². The van der Waals surface area contributed by atoms with E-state index in [1.165, 1.54) is 0 Å². The number of carbonyl (C=O) groups is 1. The van der Waals surface area contributed by atoms with Gasteiger partial charge in [-0.25, -0.2) is 0 Å². The number of aryl methyl sites for hydroxylation is 2. The van der Waals surface area contributed by atoms with Crippen molar-refractivity contribution in [2.75, 3.05) is 0 Å². The molecule has 0 saturated heterocycles. The molecule has 2 heterocycles. The zero-order chi connectivity index (χ0) is 18.4. The van der Waals surface area contributed by atoms with Gasteiger partial charge in [0.1, 0.15) is 18.1 Å². The molecule has 0 saturated carbocycles. The van der Waals surface area contributed by atoms with E-state index in [0.29, 0.717) is 18.9 Å². The van der Waals surface area contributed by atoms with Crippen LogP contribution in [0.4, 0.5) is 0 Å². The van der Waals surface area contributed by atoms with E-state index in [1.54, 1.807) is 6.20 Å². The first kappa shape index (κ1) is 17.7. The fraction of sp³-hybridized carbons (Fsp3) is 0.250. The van der Waals surface area contributed by atoms with Crippen molar-refractivity contribution in [3.63, 3.8) is 0 Å². The Morgan fingerprint density at radius 1 is 1.19 bits per heavy atom. The average Bonchev–Trinajstić information content (AvgIpc) is 2.98. The normalized spacial score (nSPS) is 10.5. The maximum absolute atomic E-state index is 12.2. The third-order valence-corrected chi connectivity index (χ3v) is 4.02. The molecule has 3 rings (SSSR count). The van der Waals surface area contributed by atoms with Gasteiger partial charge in [0.15, 0.2) is 0 Å². The minimum atomic E-state index is -0.0702. The maximum Gasteiger partial charge on any atom is 0.224 e. The molecule has 0 radical (unpaired) electrons. The van der Waals surface area contributed by atoms with Crippen LogP contribution < -0.4 is 10.1 Å². The molecule has 0 aliphatic heterocycles. The quantitative estimate of drug-likeness (QED) is 0.708. The summed E-state index contributed by atoms with van der Waals surface area (Å²) >= 11 is 0. The van der Waals surface area contributed by atoms with Gasteiger partial charge < -0.3 is 14.6 Å². The molecule has 0 spiro atoms. The second-order valence-corrected chi connectivity index (χ2v) is 6.01.